The molecule has 2 aromatic carbocycles. The molecule has 19 heavy (non-hydrogen) atoms. The summed E-state index contributed by atoms with van der Waals surface area (Å²) in [6.07, 6.45) is 1.18. The van der Waals surface area contributed by atoms with Crippen molar-refractivity contribution in [1.82, 2.24) is 5.32 Å². The molecule has 0 amide bonds. The molecule has 0 aliphatic carbocycles. The molecule has 0 radical (unpaired) electrons. The molecule has 0 saturated heterocycles. The van der Waals surface area contributed by atoms with E-state index in [1.54, 1.807) is 0 Å². The third kappa shape index (κ3) is 4.73. The van der Waals surface area contributed by atoms with E-state index in [-0.39, 0.29) is 0 Å². The maximum absolute atomic E-state index is 3.42. The van der Waals surface area contributed by atoms with Crippen molar-refractivity contribution in [2.24, 2.45) is 0 Å². The minimum atomic E-state index is 0.962. The average molecular weight is 271 g/mol. The van der Waals surface area contributed by atoms with Gasteiger partial charge in [-0.15, -0.1) is 0 Å². The zero-order chi connectivity index (χ0) is 13.5. The van der Waals surface area contributed by atoms with Crippen LogP contribution in [0.1, 0.15) is 24.5 Å². The highest BCUT2D eigenvalue weighted by atomic mass is 32.2. The lowest BCUT2D eigenvalue weighted by Crippen LogP contribution is -2.13. The van der Waals surface area contributed by atoms with Crippen molar-refractivity contribution < 1.29 is 0 Å². The standard InChI is InChI=1S/C17H21NS/c1-3-12-18-13-15-6-10-17(11-7-15)19-16-8-4-14(2)5-9-16/h4-11,18H,3,12-13H2,1-2H3. The molecule has 0 bridgehead atoms. The fourth-order valence-electron chi connectivity index (χ4n) is 1.83. The molecule has 100 valence electrons. The second-order valence-corrected chi connectivity index (χ2v) is 5.88. The van der Waals surface area contributed by atoms with Crippen LogP contribution in [0, 0.1) is 6.92 Å². The zero-order valence-corrected chi connectivity index (χ0v) is 12.5. The quantitative estimate of drug-likeness (QED) is 0.768. The lowest BCUT2D eigenvalue weighted by Gasteiger charge is -2.05. The van der Waals surface area contributed by atoms with Gasteiger partial charge in [-0.05, 0) is 49.7 Å². The first-order chi connectivity index (χ1) is 9.28. The molecule has 1 nitrogen and oxygen atoms in total. The predicted octanol–water partition coefficient (Wildman–Crippen LogP) is 4.65. The Morgan fingerprint density at radius 2 is 1.47 bits per heavy atom. The SMILES string of the molecule is CCCNCc1ccc(Sc2ccc(C)cc2)cc1. The summed E-state index contributed by atoms with van der Waals surface area (Å²) in [6, 6.07) is 17.5. The van der Waals surface area contributed by atoms with E-state index in [9.17, 15) is 0 Å². The largest absolute Gasteiger partial charge is 0.313 e. The highest BCUT2D eigenvalue weighted by molar-refractivity contribution is 7.99. The highest BCUT2D eigenvalue weighted by Crippen LogP contribution is 2.27. The number of hydrogen-bond acceptors (Lipinski definition) is 2. The van der Waals surface area contributed by atoms with Gasteiger partial charge in [0.25, 0.3) is 0 Å². The fraction of sp³-hybridized carbons (Fsp3) is 0.294. The van der Waals surface area contributed by atoms with Gasteiger partial charge in [-0.2, -0.15) is 0 Å². The van der Waals surface area contributed by atoms with Gasteiger partial charge in [0.2, 0.25) is 0 Å². The third-order valence-corrected chi connectivity index (χ3v) is 3.95. The Bertz CT molecular complexity index is 488. The normalized spacial score (nSPS) is 10.6. The molecule has 0 aliphatic heterocycles. The smallest absolute Gasteiger partial charge is 0.0205 e. The Morgan fingerprint density at radius 3 is 2.05 bits per heavy atom. The molecule has 0 atom stereocenters. The van der Waals surface area contributed by atoms with Crippen LogP contribution in [-0.2, 0) is 6.54 Å². The van der Waals surface area contributed by atoms with Crippen LogP contribution < -0.4 is 5.32 Å². The van der Waals surface area contributed by atoms with Crippen LogP contribution in [0.15, 0.2) is 58.3 Å². The van der Waals surface area contributed by atoms with E-state index in [1.165, 1.54) is 27.3 Å². The molecule has 0 unspecified atom stereocenters. The fourth-order valence-corrected chi connectivity index (χ4v) is 2.64. The predicted molar refractivity (Wildman–Crippen MR) is 83.7 cm³/mol. The Kier molecular flexibility index (Phi) is 5.49. The molecule has 0 aromatic heterocycles. The van der Waals surface area contributed by atoms with Gasteiger partial charge in [-0.25, -0.2) is 0 Å². The molecule has 2 rings (SSSR count). The number of aryl methyl sites for hydroxylation is 1. The summed E-state index contributed by atoms with van der Waals surface area (Å²) < 4.78 is 0. The second-order valence-electron chi connectivity index (χ2n) is 4.74. The van der Waals surface area contributed by atoms with Crippen LogP contribution in [0.25, 0.3) is 0 Å². The molecule has 0 heterocycles. The number of benzene rings is 2. The highest BCUT2D eigenvalue weighted by Gasteiger charge is 1.98. The van der Waals surface area contributed by atoms with Crippen LogP contribution in [0.4, 0.5) is 0 Å². The zero-order valence-electron chi connectivity index (χ0n) is 11.6. The molecular weight excluding hydrogens is 250 g/mol. The Balaban J connectivity index is 1.92. The summed E-state index contributed by atoms with van der Waals surface area (Å²) in [5.74, 6) is 0. The summed E-state index contributed by atoms with van der Waals surface area (Å²) >= 11 is 1.81. The Hall–Kier alpha value is -1.25. The van der Waals surface area contributed by atoms with Gasteiger partial charge in [0.05, 0.1) is 0 Å². The van der Waals surface area contributed by atoms with E-state index in [4.69, 9.17) is 0 Å². The molecule has 1 N–H and O–H groups in total. The average Bonchev–Trinajstić information content (AvgIpc) is 2.44. The van der Waals surface area contributed by atoms with Crippen LogP contribution in [0.2, 0.25) is 0 Å². The lowest BCUT2D eigenvalue weighted by atomic mass is 10.2. The van der Waals surface area contributed by atoms with E-state index < -0.39 is 0 Å². The van der Waals surface area contributed by atoms with Gasteiger partial charge in [0.1, 0.15) is 0 Å². The van der Waals surface area contributed by atoms with Crippen molar-refractivity contribution in [2.75, 3.05) is 6.54 Å². The third-order valence-electron chi connectivity index (χ3n) is 2.94. The van der Waals surface area contributed by atoms with E-state index >= 15 is 0 Å². The summed E-state index contributed by atoms with van der Waals surface area (Å²) in [5, 5.41) is 3.42. The topological polar surface area (TPSA) is 12.0 Å². The molecule has 2 aromatic rings. The summed E-state index contributed by atoms with van der Waals surface area (Å²) in [5.41, 5.74) is 2.66. The van der Waals surface area contributed by atoms with Crippen molar-refractivity contribution in [3.63, 3.8) is 0 Å². The van der Waals surface area contributed by atoms with Gasteiger partial charge < -0.3 is 5.32 Å². The molecule has 0 aliphatic rings. The molecule has 0 fully saturated rings. The van der Waals surface area contributed by atoms with Crippen molar-refractivity contribution in [1.29, 1.82) is 0 Å². The summed E-state index contributed by atoms with van der Waals surface area (Å²) in [7, 11) is 0. The summed E-state index contributed by atoms with van der Waals surface area (Å²) in [6.45, 7) is 6.35. The molecular formula is C17H21NS. The van der Waals surface area contributed by atoms with Gasteiger partial charge in [-0.1, -0.05) is 48.5 Å². The lowest BCUT2D eigenvalue weighted by molar-refractivity contribution is 0.675. The Morgan fingerprint density at radius 1 is 0.895 bits per heavy atom. The van der Waals surface area contributed by atoms with Crippen LogP contribution in [0.3, 0.4) is 0 Å². The maximum Gasteiger partial charge on any atom is 0.0205 e. The Labute approximate surface area is 120 Å². The molecule has 2 heteroatoms. The molecule has 0 saturated carbocycles. The maximum atomic E-state index is 3.42. The van der Waals surface area contributed by atoms with Gasteiger partial charge >= 0.3 is 0 Å². The first-order valence-electron chi connectivity index (χ1n) is 6.82. The van der Waals surface area contributed by atoms with Crippen molar-refractivity contribution in [2.45, 2.75) is 36.6 Å². The minimum Gasteiger partial charge on any atom is -0.313 e. The first kappa shape index (κ1) is 14.2. The van der Waals surface area contributed by atoms with Crippen molar-refractivity contribution >= 4 is 11.8 Å². The minimum absolute atomic E-state index is 0.962. The van der Waals surface area contributed by atoms with E-state index in [0.717, 1.165) is 13.1 Å². The van der Waals surface area contributed by atoms with Crippen LogP contribution in [0.5, 0.6) is 0 Å². The first-order valence-corrected chi connectivity index (χ1v) is 7.64. The van der Waals surface area contributed by atoms with Gasteiger partial charge in [0.15, 0.2) is 0 Å². The van der Waals surface area contributed by atoms with Crippen LogP contribution in [-0.4, -0.2) is 6.54 Å². The number of hydrogen-bond donors (Lipinski definition) is 1. The van der Waals surface area contributed by atoms with E-state index in [1.807, 2.05) is 11.8 Å². The number of nitrogens with one attached hydrogen (secondary N) is 1. The van der Waals surface area contributed by atoms with Crippen LogP contribution >= 0.6 is 11.8 Å². The van der Waals surface area contributed by atoms with Crippen molar-refractivity contribution in [3.8, 4) is 0 Å². The van der Waals surface area contributed by atoms with E-state index in [0.29, 0.717) is 0 Å². The summed E-state index contributed by atoms with van der Waals surface area (Å²) in [4.78, 5) is 2.59. The van der Waals surface area contributed by atoms with Gasteiger partial charge in [0, 0.05) is 16.3 Å². The van der Waals surface area contributed by atoms with E-state index in [2.05, 4.69) is 67.7 Å². The van der Waals surface area contributed by atoms with Crippen molar-refractivity contribution in [3.05, 3.63) is 59.7 Å². The monoisotopic (exact) mass is 271 g/mol. The van der Waals surface area contributed by atoms with Gasteiger partial charge in [-0.3, -0.25) is 0 Å². The number of rotatable bonds is 6. The second kappa shape index (κ2) is 7.37. The molecule has 0 spiro atoms.